The number of allylic oxidation sites excluding steroid dienone is 1. The van der Waals surface area contributed by atoms with Gasteiger partial charge >= 0.3 is 0 Å². The van der Waals surface area contributed by atoms with E-state index in [9.17, 15) is 15.8 Å². The van der Waals surface area contributed by atoms with E-state index in [4.69, 9.17) is 0 Å². The van der Waals surface area contributed by atoms with Crippen LogP contribution in [0.1, 0.15) is 60.7 Å². The molecule has 0 radical (unpaired) electrons. The summed E-state index contributed by atoms with van der Waals surface area (Å²) in [6.07, 6.45) is 6.04. The van der Waals surface area contributed by atoms with Gasteiger partial charge in [0.2, 0.25) is 0 Å². The van der Waals surface area contributed by atoms with Crippen LogP contribution in [0.3, 0.4) is 0 Å². The molecule has 74 heavy (non-hydrogen) atoms. The zero-order valence-corrected chi connectivity index (χ0v) is 41.0. The standard InChI is InChI=1S/C67H45N7/c1-67(2,3)53-37-50-48-25-11-17-31-58(48)74(62(50)61-49-26-12-18-32-59(49)71(65(53)61)43-19-5-4-6-20-43)66-63(72-54-27-13-7-21-44(54)45-22-8-14-28-55(45)72)51(39-69)60(42-35-33-41(38-68)34-36-42)52(40-70)64(66)73-56-29-15-9-23-46(56)47-24-10-16-30-57(47)73/h4-15,17-29,31-37H,16,30H2,1-3H3. The molecule has 0 aliphatic heterocycles. The van der Waals surface area contributed by atoms with E-state index in [1.807, 2.05) is 12.1 Å². The molecule has 0 atom stereocenters. The second kappa shape index (κ2) is 16.1. The van der Waals surface area contributed by atoms with Crippen LogP contribution in [0.5, 0.6) is 0 Å². The van der Waals surface area contributed by atoms with Crippen molar-refractivity contribution in [3.63, 3.8) is 0 Å². The fraction of sp³-hybridized carbons (Fsp3) is 0.0896. The molecule has 0 saturated heterocycles. The van der Waals surface area contributed by atoms with Crippen LogP contribution in [0.2, 0.25) is 0 Å². The Morgan fingerprint density at radius 1 is 0.446 bits per heavy atom. The zero-order chi connectivity index (χ0) is 50.0. The molecule has 4 heterocycles. The molecule has 0 saturated carbocycles. The monoisotopic (exact) mass is 947 g/mol. The summed E-state index contributed by atoms with van der Waals surface area (Å²) in [7, 11) is 0. The van der Waals surface area contributed by atoms with E-state index in [1.165, 1.54) is 5.56 Å². The van der Waals surface area contributed by atoms with E-state index < -0.39 is 0 Å². The first kappa shape index (κ1) is 43.0. The van der Waals surface area contributed by atoms with E-state index in [2.05, 4.69) is 227 Å². The minimum Gasteiger partial charge on any atom is -0.310 e. The number of para-hydroxylation sites is 6. The normalized spacial score (nSPS) is 12.6. The summed E-state index contributed by atoms with van der Waals surface area (Å²) in [5.74, 6) is 0. The van der Waals surface area contributed by atoms with Crippen molar-refractivity contribution < 1.29 is 0 Å². The molecule has 7 heteroatoms. The summed E-state index contributed by atoms with van der Waals surface area (Å²) >= 11 is 0. The summed E-state index contributed by atoms with van der Waals surface area (Å²) in [6.45, 7) is 6.90. The SMILES string of the molecule is CC(C)(C)c1cc2c3ccccc3n(-c3c(-n4c5c(c6ccccc64)C=CCC5)c(C#N)c(-c4ccc(C#N)cc4)c(C#N)c3-n3c4ccccc4c4ccccc43)c2c2c3ccccc3n(-c3ccccc3)c12. The van der Waals surface area contributed by atoms with Gasteiger partial charge in [0.15, 0.2) is 0 Å². The molecule has 9 aromatic carbocycles. The van der Waals surface area contributed by atoms with Gasteiger partial charge in [-0.25, -0.2) is 0 Å². The predicted octanol–water partition coefficient (Wildman–Crippen LogP) is 16.5. The molecular formula is C67H45N7. The van der Waals surface area contributed by atoms with Crippen LogP contribution in [-0.2, 0) is 11.8 Å². The molecule has 4 aromatic heterocycles. The minimum absolute atomic E-state index is 0.294. The second-order valence-corrected chi connectivity index (χ2v) is 20.4. The fourth-order valence-corrected chi connectivity index (χ4v) is 12.4. The average molecular weight is 948 g/mol. The number of rotatable bonds is 5. The molecule has 0 unspecified atom stereocenters. The molecule has 7 nitrogen and oxygen atoms in total. The van der Waals surface area contributed by atoms with Crippen LogP contribution in [0.25, 0.3) is 116 Å². The molecule has 0 spiro atoms. The molecule has 0 N–H and O–H groups in total. The number of hydrogen-bond acceptors (Lipinski definition) is 3. The zero-order valence-electron chi connectivity index (χ0n) is 41.0. The van der Waals surface area contributed by atoms with Gasteiger partial charge in [0, 0.05) is 60.2 Å². The van der Waals surface area contributed by atoms with Gasteiger partial charge in [-0.3, -0.25) is 0 Å². The van der Waals surface area contributed by atoms with Crippen molar-refractivity contribution in [2.24, 2.45) is 0 Å². The highest BCUT2D eigenvalue weighted by Crippen LogP contribution is 2.52. The summed E-state index contributed by atoms with van der Waals surface area (Å²) in [6, 6.07) is 71.0. The highest BCUT2D eigenvalue weighted by Gasteiger charge is 2.36. The Morgan fingerprint density at radius 2 is 0.946 bits per heavy atom. The van der Waals surface area contributed by atoms with Crippen molar-refractivity contribution in [1.82, 2.24) is 18.3 Å². The maximum Gasteiger partial charge on any atom is 0.102 e. The molecule has 0 fully saturated rings. The lowest BCUT2D eigenvalue weighted by Gasteiger charge is -2.28. The van der Waals surface area contributed by atoms with Gasteiger partial charge in [-0.1, -0.05) is 154 Å². The van der Waals surface area contributed by atoms with Crippen molar-refractivity contribution in [2.75, 3.05) is 0 Å². The Bertz CT molecular complexity index is 4660. The number of aromatic nitrogens is 4. The van der Waals surface area contributed by atoms with Crippen LogP contribution in [0, 0.1) is 34.0 Å². The third kappa shape index (κ3) is 5.91. The van der Waals surface area contributed by atoms with E-state index in [0.29, 0.717) is 44.9 Å². The average Bonchev–Trinajstić information content (AvgIpc) is 4.17. The van der Waals surface area contributed by atoms with Gasteiger partial charge in [0.1, 0.15) is 12.1 Å². The number of fused-ring (bicyclic) bond motifs is 13. The Morgan fingerprint density at radius 3 is 1.53 bits per heavy atom. The van der Waals surface area contributed by atoms with Gasteiger partial charge in [-0.2, -0.15) is 15.8 Å². The highest BCUT2D eigenvalue weighted by molar-refractivity contribution is 6.27. The van der Waals surface area contributed by atoms with Crippen LogP contribution < -0.4 is 0 Å². The lowest BCUT2D eigenvalue weighted by Crippen LogP contribution is -2.17. The van der Waals surface area contributed by atoms with Gasteiger partial charge in [-0.15, -0.1) is 0 Å². The molecule has 14 rings (SSSR count). The van der Waals surface area contributed by atoms with E-state index in [1.54, 1.807) is 12.1 Å². The minimum atomic E-state index is -0.294. The lowest BCUT2D eigenvalue weighted by atomic mass is 9.84. The molecule has 13 aromatic rings. The third-order valence-electron chi connectivity index (χ3n) is 15.4. The number of benzene rings is 9. The van der Waals surface area contributed by atoms with Gasteiger partial charge in [-0.05, 0) is 90.0 Å². The first-order chi connectivity index (χ1) is 36.3. The quantitative estimate of drug-likeness (QED) is 0.172. The number of nitriles is 3. The number of hydrogen-bond donors (Lipinski definition) is 0. The topological polar surface area (TPSA) is 91.1 Å². The maximum atomic E-state index is 12.3. The van der Waals surface area contributed by atoms with Crippen LogP contribution in [-0.4, -0.2) is 18.3 Å². The molecule has 0 amide bonds. The molecule has 0 bridgehead atoms. The van der Waals surface area contributed by atoms with Crippen molar-refractivity contribution in [2.45, 2.75) is 39.0 Å². The highest BCUT2D eigenvalue weighted by atomic mass is 15.1. The van der Waals surface area contributed by atoms with Gasteiger partial charge in [0.25, 0.3) is 0 Å². The summed E-state index contributed by atoms with van der Waals surface area (Å²) < 4.78 is 9.48. The van der Waals surface area contributed by atoms with E-state index in [-0.39, 0.29) is 5.41 Å². The van der Waals surface area contributed by atoms with Crippen molar-refractivity contribution in [3.05, 3.63) is 222 Å². The summed E-state index contributed by atoms with van der Waals surface area (Å²) in [5.41, 5.74) is 15.5. The molecule has 348 valence electrons. The maximum absolute atomic E-state index is 12.3. The lowest BCUT2D eigenvalue weighted by molar-refractivity contribution is 0.594. The Labute approximate surface area is 427 Å². The van der Waals surface area contributed by atoms with Crippen LogP contribution >= 0.6 is 0 Å². The fourth-order valence-electron chi connectivity index (χ4n) is 12.4. The number of nitrogens with zero attached hydrogens (tertiary/aromatic N) is 7. The smallest absolute Gasteiger partial charge is 0.102 e. The van der Waals surface area contributed by atoms with Crippen LogP contribution in [0.15, 0.2) is 188 Å². The summed E-state index contributed by atoms with van der Waals surface area (Å²) in [4.78, 5) is 0. The van der Waals surface area contributed by atoms with Crippen molar-refractivity contribution >= 4 is 82.4 Å². The summed E-state index contributed by atoms with van der Waals surface area (Å²) in [5, 5.41) is 42.1. The predicted molar refractivity (Wildman–Crippen MR) is 302 cm³/mol. The molecule has 1 aliphatic rings. The second-order valence-electron chi connectivity index (χ2n) is 20.4. The van der Waals surface area contributed by atoms with Crippen molar-refractivity contribution in [1.29, 1.82) is 15.8 Å². The van der Waals surface area contributed by atoms with Crippen LogP contribution in [0.4, 0.5) is 0 Å². The first-order valence-electron chi connectivity index (χ1n) is 25.2. The molecule has 1 aliphatic carbocycles. The van der Waals surface area contributed by atoms with Gasteiger partial charge < -0.3 is 18.3 Å². The van der Waals surface area contributed by atoms with E-state index in [0.717, 1.165) is 106 Å². The van der Waals surface area contributed by atoms with Gasteiger partial charge in [0.05, 0.1) is 78.4 Å². The Hall–Kier alpha value is -9.87. The Balaban J connectivity index is 1.34. The Kier molecular flexibility index (Phi) is 9.33. The molecular weight excluding hydrogens is 903 g/mol. The third-order valence-corrected chi connectivity index (χ3v) is 15.4. The van der Waals surface area contributed by atoms with E-state index >= 15 is 0 Å². The first-order valence-corrected chi connectivity index (χ1v) is 25.2. The van der Waals surface area contributed by atoms with Crippen molar-refractivity contribution in [3.8, 4) is 52.1 Å². The largest absolute Gasteiger partial charge is 0.310 e.